The van der Waals surface area contributed by atoms with Crippen molar-refractivity contribution < 1.29 is 0 Å². The highest BCUT2D eigenvalue weighted by Crippen LogP contribution is 2.57. The molecule has 2 rings (SSSR count). The Morgan fingerprint density at radius 1 is 1.70 bits per heavy atom. The van der Waals surface area contributed by atoms with E-state index >= 15 is 0 Å². The van der Waals surface area contributed by atoms with Crippen molar-refractivity contribution in [3.63, 3.8) is 0 Å². The summed E-state index contributed by atoms with van der Waals surface area (Å²) >= 11 is 0. The van der Waals surface area contributed by atoms with Gasteiger partial charge in [0.1, 0.15) is 0 Å². The Bertz CT molecular complexity index is 194. The molecule has 2 fully saturated rings. The molecule has 2 heteroatoms. The molecule has 54 valence electrons. The lowest BCUT2D eigenvalue weighted by Gasteiger charge is -2.06. The number of rotatable bonds is 0. The van der Waals surface area contributed by atoms with E-state index in [-0.39, 0.29) is 0 Å². The SMILES string of the molecule is CN1CCC2(CC2C#N)C1. The number of hydrogen-bond donors (Lipinski definition) is 0. The number of hydrogen-bond acceptors (Lipinski definition) is 2. The van der Waals surface area contributed by atoms with E-state index in [0.717, 1.165) is 13.0 Å². The maximum Gasteiger partial charge on any atom is 0.0662 e. The van der Waals surface area contributed by atoms with Crippen LogP contribution in [0.5, 0.6) is 0 Å². The van der Waals surface area contributed by atoms with E-state index in [1.807, 2.05) is 0 Å². The summed E-state index contributed by atoms with van der Waals surface area (Å²) in [5.74, 6) is 0.387. The molecule has 0 radical (unpaired) electrons. The van der Waals surface area contributed by atoms with Crippen molar-refractivity contribution in [2.24, 2.45) is 11.3 Å². The Kier molecular flexibility index (Phi) is 1.07. The molecule has 0 aromatic carbocycles. The molecule has 2 unspecified atom stereocenters. The third-order valence-corrected chi connectivity index (χ3v) is 2.92. The van der Waals surface area contributed by atoms with Crippen LogP contribution < -0.4 is 0 Å². The van der Waals surface area contributed by atoms with Gasteiger partial charge in [0.05, 0.1) is 12.0 Å². The Morgan fingerprint density at radius 2 is 2.50 bits per heavy atom. The van der Waals surface area contributed by atoms with E-state index in [1.165, 1.54) is 13.0 Å². The second kappa shape index (κ2) is 1.73. The zero-order chi connectivity index (χ0) is 7.19. The van der Waals surface area contributed by atoms with Crippen LogP contribution in [-0.2, 0) is 0 Å². The Labute approximate surface area is 61.4 Å². The van der Waals surface area contributed by atoms with Crippen LogP contribution in [0.4, 0.5) is 0 Å². The summed E-state index contributed by atoms with van der Waals surface area (Å²) in [4.78, 5) is 2.33. The molecule has 1 aliphatic carbocycles. The number of likely N-dealkylation sites (tertiary alicyclic amines) is 1. The molecule has 0 amide bonds. The van der Waals surface area contributed by atoms with Gasteiger partial charge in [0.25, 0.3) is 0 Å². The molecule has 2 atom stereocenters. The van der Waals surface area contributed by atoms with Crippen molar-refractivity contribution in [3.8, 4) is 6.07 Å². The fraction of sp³-hybridized carbons (Fsp3) is 0.875. The lowest BCUT2D eigenvalue weighted by atomic mass is 10.0. The molecular formula is C8H12N2. The molecule has 1 saturated carbocycles. The maximum atomic E-state index is 8.65. The predicted molar refractivity (Wildman–Crippen MR) is 38.3 cm³/mol. The number of nitriles is 1. The van der Waals surface area contributed by atoms with Gasteiger partial charge in [0.15, 0.2) is 0 Å². The summed E-state index contributed by atoms with van der Waals surface area (Å²) in [7, 11) is 2.14. The highest BCUT2D eigenvalue weighted by Gasteiger charge is 2.57. The van der Waals surface area contributed by atoms with Gasteiger partial charge in [0, 0.05) is 12.0 Å². The van der Waals surface area contributed by atoms with Gasteiger partial charge in [-0.15, -0.1) is 0 Å². The van der Waals surface area contributed by atoms with Crippen LogP contribution in [0.25, 0.3) is 0 Å². The summed E-state index contributed by atoms with van der Waals surface area (Å²) in [5.41, 5.74) is 0.448. The largest absolute Gasteiger partial charge is 0.306 e. The highest BCUT2D eigenvalue weighted by atomic mass is 15.1. The molecule has 2 nitrogen and oxygen atoms in total. The molecule has 10 heavy (non-hydrogen) atoms. The first-order chi connectivity index (χ1) is 4.77. The topological polar surface area (TPSA) is 27.0 Å². The molecular weight excluding hydrogens is 124 g/mol. The lowest BCUT2D eigenvalue weighted by molar-refractivity contribution is 0.383. The summed E-state index contributed by atoms with van der Waals surface area (Å²) in [5, 5.41) is 8.65. The zero-order valence-electron chi connectivity index (χ0n) is 6.30. The van der Waals surface area contributed by atoms with Gasteiger partial charge in [-0.1, -0.05) is 0 Å². The third-order valence-electron chi connectivity index (χ3n) is 2.92. The van der Waals surface area contributed by atoms with Crippen molar-refractivity contribution in [1.29, 1.82) is 5.26 Å². The van der Waals surface area contributed by atoms with E-state index in [0.29, 0.717) is 11.3 Å². The van der Waals surface area contributed by atoms with Gasteiger partial charge in [0.2, 0.25) is 0 Å². The van der Waals surface area contributed by atoms with E-state index in [1.54, 1.807) is 0 Å². The molecule has 1 spiro atoms. The van der Waals surface area contributed by atoms with Gasteiger partial charge < -0.3 is 4.90 Å². The molecule has 0 bridgehead atoms. The quantitative estimate of drug-likeness (QED) is 0.493. The Balaban J connectivity index is 2.04. The number of nitrogens with zero attached hydrogens (tertiary/aromatic N) is 2. The smallest absolute Gasteiger partial charge is 0.0662 e. The fourth-order valence-electron chi connectivity index (χ4n) is 2.09. The standard InChI is InChI=1S/C8H12N2/c1-10-3-2-8(6-10)4-7(8)5-9/h7H,2-4,6H2,1H3. The highest BCUT2D eigenvalue weighted by molar-refractivity contribution is 5.15. The average molecular weight is 136 g/mol. The zero-order valence-corrected chi connectivity index (χ0v) is 6.30. The third kappa shape index (κ3) is 0.674. The van der Waals surface area contributed by atoms with Crippen molar-refractivity contribution in [2.45, 2.75) is 12.8 Å². The van der Waals surface area contributed by atoms with E-state index in [4.69, 9.17) is 5.26 Å². The van der Waals surface area contributed by atoms with Crippen LogP contribution in [0.3, 0.4) is 0 Å². The van der Waals surface area contributed by atoms with Crippen LogP contribution >= 0.6 is 0 Å². The monoisotopic (exact) mass is 136 g/mol. The van der Waals surface area contributed by atoms with Gasteiger partial charge in [-0.05, 0) is 26.4 Å². The molecule has 0 aromatic rings. The second-order valence-corrected chi connectivity index (χ2v) is 3.74. The Hall–Kier alpha value is -0.550. The van der Waals surface area contributed by atoms with Crippen LogP contribution in [0, 0.1) is 22.7 Å². The van der Waals surface area contributed by atoms with E-state index < -0.39 is 0 Å². The van der Waals surface area contributed by atoms with Gasteiger partial charge >= 0.3 is 0 Å². The summed E-state index contributed by atoms with van der Waals surface area (Å²) in [6.07, 6.45) is 2.41. The summed E-state index contributed by atoms with van der Waals surface area (Å²) in [6, 6.07) is 2.37. The minimum atomic E-state index is 0.387. The van der Waals surface area contributed by atoms with Crippen LogP contribution in [0.2, 0.25) is 0 Å². The minimum Gasteiger partial charge on any atom is -0.306 e. The molecule has 1 aliphatic heterocycles. The molecule has 0 N–H and O–H groups in total. The summed E-state index contributed by atoms with van der Waals surface area (Å²) < 4.78 is 0. The second-order valence-electron chi connectivity index (χ2n) is 3.74. The predicted octanol–water partition coefficient (Wildman–Crippen LogP) is 0.852. The van der Waals surface area contributed by atoms with Crippen molar-refractivity contribution in [1.82, 2.24) is 4.90 Å². The first kappa shape index (κ1) is 6.18. The van der Waals surface area contributed by atoms with Gasteiger partial charge in [-0.3, -0.25) is 0 Å². The van der Waals surface area contributed by atoms with Gasteiger partial charge in [-0.2, -0.15) is 5.26 Å². The molecule has 0 aromatic heterocycles. The first-order valence-corrected chi connectivity index (χ1v) is 3.85. The molecule has 2 aliphatic rings. The van der Waals surface area contributed by atoms with E-state index in [2.05, 4.69) is 18.0 Å². The van der Waals surface area contributed by atoms with Crippen LogP contribution in [-0.4, -0.2) is 25.0 Å². The van der Waals surface area contributed by atoms with Crippen molar-refractivity contribution >= 4 is 0 Å². The van der Waals surface area contributed by atoms with E-state index in [9.17, 15) is 0 Å². The van der Waals surface area contributed by atoms with Crippen molar-refractivity contribution in [3.05, 3.63) is 0 Å². The normalized spacial score (nSPS) is 45.8. The maximum absolute atomic E-state index is 8.65. The van der Waals surface area contributed by atoms with Crippen molar-refractivity contribution in [2.75, 3.05) is 20.1 Å². The first-order valence-electron chi connectivity index (χ1n) is 3.85. The lowest BCUT2D eigenvalue weighted by Crippen LogP contribution is -2.15. The van der Waals surface area contributed by atoms with Crippen LogP contribution in [0.1, 0.15) is 12.8 Å². The molecule has 1 saturated heterocycles. The fourth-order valence-corrected chi connectivity index (χ4v) is 2.09. The average Bonchev–Trinajstić information content (AvgIpc) is 2.46. The Morgan fingerprint density at radius 3 is 2.90 bits per heavy atom. The minimum absolute atomic E-state index is 0.387. The van der Waals surface area contributed by atoms with Crippen LogP contribution in [0.15, 0.2) is 0 Å². The summed E-state index contributed by atoms with van der Waals surface area (Å²) in [6.45, 7) is 2.35. The van der Waals surface area contributed by atoms with Gasteiger partial charge in [-0.25, -0.2) is 0 Å². The molecule has 1 heterocycles.